The molecule has 0 spiro atoms. The lowest BCUT2D eigenvalue weighted by Crippen LogP contribution is -1.70. The van der Waals surface area contributed by atoms with Crippen LogP contribution in [0.1, 0.15) is 5.56 Å². The van der Waals surface area contributed by atoms with Crippen LogP contribution in [0.4, 0.5) is 0 Å². The van der Waals surface area contributed by atoms with Crippen molar-refractivity contribution in [2.45, 2.75) is 0 Å². The predicted molar refractivity (Wildman–Crippen MR) is 72.0 cm³/mol. The van der Waals surface area contributed by atoms with E-state index in [9.17, 15) is 0 Å². The summed E-state index contributed by atoms with van der Waals surface area (Å²) in [7, 11) is 0. The highest BCUT2D eigenvalue weighted by Crippen LogP contribution is 2.34. The molecule has 0 aliphatic heterocycles. The summed E-state index contributed by atoms with van der Waals surface area (Å²) in [4.78, 5) is 1.21. The summed E-state index contributed by atoms with van der Waals surface area (Å²) in [6, 6.07) is 20.5. The lowest BCUT2D eigenvalue weighted by atomic mass is 10.1. The standard InChI is InChI=1S/C15H9NS/c16-10-13-8-4-7-12-9-14(17-15(12)13)11-5-2-1-3-6-11/h1-9H. The third-order valence-electron chi connectivity index (χ3n) is 2.72. The highest BCUT2D eigenvalue weighted by Gasteiger charge is 2.06. The minimum atomic E-state index is 0.759. The Kier molecular flexibility index (Phi) is 2.40. The van der Waals surface area contributed by atoms with Crippen molar-refractivity contribution in [2.24, 2.45) is 0 Å². The molecule has 2 heteroatoms. The van der Waals surface area contributed by atoms with Crippen LogP contribution < -0.4 is 0 Å². The number of thiophene rings is 1. The molecule has 0 aliphatic carbocycles. The largest absolute Gasteiger partial charge is 0.192 e. The van der Waals surface area contributed by atoms with Gasteiger partial charge in [0.2, 0.25) is 0 Å². The van der Waals surface area contributed by atoms with Gasteiger partial charge in [-0.1, -0.05) is 42.5 Å². The molecule has 1 nitrogen and oxygen atoms in total. The van der Waals surface area contributed by atoms with Gasteiger partial charge in [0, 0.05) is 4.88 Å². The lowest BCUT2D eigenvalue weighted by Gasteiger charge is -1.93. The van der Waals surface area contributed by atoms with Crippen molar-refractivity contribution in [1.82, 2.24) is 0 Å². The van der Waals surface area contributed by atoms with Gasteiger partial charge in [0.25, 0.3) is 0 Å². The molecule has 3 aromatic rings. The molecule has 0 atom stereocenters. The number of nitriles is 1. The number of hydrogen-bond acceptors (Lipinski definition) is 2. The maximum Gasteiger partial charge on any atom is 0.101 e. The van der Waals surface area contributed by atoms with Crippen LogP contribution in [-0.2, 0) is 0 Å². The van der Waals surface area contributed by atoms with Gasteiger partial charge in [-0.25, -0.2) is 0 Å². The van der Waals surface area contributed by atoms with E-state index < -0.39 is 0 Å². The molecule has 0 unspecified atom stereocenters. The van der Waals surface area contributed by atoms with Crippen molar-refractivity contribution >= 4 is 21.4 Å². The van der Waals surface area contributed by atoms with E-state index in [1.165, 1.54) is 10.4 Å². The van der Waals surface area contributed by atoms with Gasteiger partial charge in [-0.05, 0) is 23.1 Å². The fraction of sp³-hybridized carbons (Fsp3) is 0. The second-order valence-electron chi connectivity index (χ2n) is 3.81. The van der Waals surface area contributed by atoms with Crippen LogP contribution >= 0.6 is 11.3 Å². The van der Waals surface area contributed by atoms with E-state index in [0.29, 0.717) is 0 Å². The molecule has 0 saturated heterocycles. The molecule has 0 bridgehead atoms. The summed E-state index contributed by atoms with van der Waals surface area (Å²) in [6.45, 7) is 0. The molecule has 1 aromatic heterocycles. The molecular weight excluding hydrogens is 226 g/mol. The molecule has 0 amide bonds. The maximum absolute atomic E-state index is 9.07. The normalized spacial score (nSPS) is 10.3. The monoisotopic (exact) mass is 235 g/mol. The van der Waals surface area contributed by atoms with E-state index in [4.69, 9.17) is 5.26 Å². The molecule has 0 N–H and O–H groups in total. The molecule has 2 aromatic carbocycles. The van der Waals surface area contributed by atoms with Crippen molar-refractivity contribution in [3.05, 3.63) is 60.2 Å². The minimum Gasteiger partial charge on any atom is -0.192 e. The Morgan fingerprint density at radius 1 is 0.941 bits per heavy atom. The van der Waals surface area contributed by atoms with Crippen LogP contribution in [-0.4, -0.2) is 0 Å². The average Bonchev–Trinajstić information content (AvgIpc) is 2.83. The summed E-state index contributed by atoms with van der Waals surface area (Å²) in [6.07, 6.45) is 0. The number of nitrogens with zero attached hydrogens (tertiary/aromatic N) is 1. The molecule has 0 radical (unpaired) electrons. The predicted octanol–water partition coefficient (Wildman–Crippen LogP) is 4.44. The summed E-state index contributed by atoms with van der Waals surface area (Å²) in [5.41, 5.74) is 1.97. The van der Waals surface area contributed by atoms with E-state index in [0.717, 1.165) is 15.6 Å². The highest BCUT2D eigenvalue weighted by molar-refractivity contribution is 7.22. The second kappa shape index (κ2) is 4.04. The number of fused-ring (bicyclic) bond motifs is 1. The Bertz CT molecular complexity index is 705. The van der Waals surface area contributed by atoms with Gasteiger partial charge in [-0.2, -0.15) is 5.26 Å². The van der Waals surface area contributed by atoms with Crippen LogP contribution in [0.25, 0.3) is 20.5 Å². The van der Waals surface area contributed by atoms with Crippen molar-refractivity contribution in [1.29, 1.82) is 5.26 Å². The summed E-state index contributed by atoms with van der Waals surface area (Å²) in [5, 5.41) is 10.2. The number of hydrogen-bond donors (Lipinski definition) is 0. The first-order valence-corrected chi connectivity index (χ1v) is 6.18. The molecular formula is C15H9NS. The van der Waals surface area contributed by atoms with Crippen LogP contribution in [0, 0.1) is 11.3 Å². The van der Waals surface area contributed by atoms with E-state index in [1.807, 2.05) is 30.3 Å². The number of benzene rings is 2. The van der Waals surface area contributed by atoms with Gasteiger partial charge in [0.05, 0.1) is 10.3 Å². The first-order valence-electron chi connectivity index (χ1n) is 5.36. The molecule has 1 heterocycles. The first-order chi connectivity index (χ1) is 8.38. The Labute approximate surface area is 104 Å². The summed E-state index contributed by atoms with van der Waals surface area (Å²) in [5.74, 6) is 0. The zero-order valence-corrected chi connectivity index (χ0v) is 9.87. The van der Waals surface area contributed by atoms with Crippen molar-refractivity contribution in [3.63, 3.8) is 0 Å². The van der Waals surface area contributed by atoms with E-state index in [1.54, 1.807) is 11.3 Å². The third kappa shape index (κ3) is 1.71. The van der Waals surface area contributed by atoms with Crippen molar-refractivity contribution in [3.8, 4) is 16.5 Å². The third-order valence-corrected chi connectivity index (χ3v) is 3.96. The topological polar surface area (TPSA) is 23.8 Å². The zero-order chi connectivity index (χ0) is 11.7. The summed E-state index contributed by atoms with van der Waals surface area (Å²) >= 11 is 1.68. The zero-order valence-electron chi connectivity index (χ0n) is 9.05. The maximum atomic E-state index is 9.07. The van der Waals surface area contributed by atoms with Gasteiger partial charge in [0.1, 0.15) is 6.07 Å². The highest BCUT2D eigenvalue weighted by atomic mass is 32.1. The van der Waals surface area contributed by atoms with E-state index >= 15 is 0 Å². The second-order valence-corrected chi connectivity index (χ2v) is 4.86. The quantitative estimate of drug-likeness (QED) is 0.611. The van der Waals surface area contributed by atoms with Crippen LogP contribution in [0.5, 0.6) is 0 Å². The van der Waals surface area contributed by atoms with Crippen LogP contribution in [0.15, 0.2) is 54.6 Å². The van der Waals surface area contributed by atoms with Gasteiger partial charge in [-0.15, -0.1) is 11.3 Å². The lowest BCUT2D eigenvalue weighted by molar-refractivity contribution is 1.51. The van der Waals surface area contributed by atoms with Crippen LogP contribution in [0.3, 0.4) is 0 Å². The van der Waals surface area contributed by atoms with Gasteiger partial charge >= 0.3 is 0 Å². The minimum absolute atomic E-state index is 0.759. The Morgan fingerprint density at radius 3 is 2.53 bits per heavy atom. The van der Waals surface area contributed by atoms with Gasteiger partial charge in [-0.3, -0.25) is 0 Å². The SMILES string of the molecule is N#Cc1cccc2cc(-c3ccccc3)sc12. The van der Waals surface area contributed by atoms with Crippen LogP contribution in [0.2, 0.25) is 0 Å². The fourth-order valence-electron chi connectivity index (χ4n) is 1.90. The molecule has 0 saturated carbocycles. The molecule has 0 fully saturated rings. The Hall–Kier alpha value is -2.11. The summed E-state index contributed by atoms with van der Waals surface area (Å²) < 4.78 is 1.08. The Balaban J connectivity index is 2.25. The molecule has 17 heavy (non-hydrogen) atoms. The van der Waals surface area contributed by atoms with E-state index in [2.05, 4.69) is 30.3 Å². The molecule has 0 aliphatic rings. The van der Waals surface area contributed by atoms with Gasteiger partial charge < -0.3 is 0 Å². The van der Waals surface area contributed by atoms with Crippen molar-refractivity contribution < 1.29 is 0 Å². The first kappa shape index (κ1) is 10.1. The van der Waals surface area contributed by atoms with Crippen molar-refractivity contribution in [2.75, 3.05) is 0 Å². The fourth-order valence-corrected chi connectivity index (χ4v) is 3.02. The smallest absolute Gasteiger partial charge is 0.101 e. The average molecular weight is 235 g/mol. The van der Waals surface area contributed by atoms with E-state index in [-0.39, 0.29) is 0 Å². The van der Waals surface area contributed by atoms with Gasteiger partial charge in [0.15, 0.2) is 0 Å². The molecule has 3 rings (SSSR count). The molecule has 80 valence electrons. The number of rotatable bonds is 1. The Morgan fingerprint density at radius 2 is 1.76 bits per heavy atom.